The van der Waals surface area contributed by atoms with Crippen LogP contribution in [-0.4, -0.2) is 37.3 Å². The van der Waals surface area contributed by atoms with E-state index in [0.29, 0.717) is 12.8 Å². The second kappa shape index (κ2) is 11.6. The number of rotatable bonds is 12. The summed E-state index contributed by atoms with van der Waals surface area (Å²) in [6, 6.07) is -1.13. The molecule has 0 saturated heterocycles. The van der Waals surface area contributed by atoms with Gasteiger partial charge in [-0.15, -0.1) is 0 Å². The van der Waals surface area contributed by atoms with E-state index in [1.54, 1.807) is 0 Å². The molecule has 0 radical (unpaired) electrons. The van der Waals surface area contributed by atoms with Crippen LogP contribution in [0.4, 0.5) is 0 Å². The van der Waals surface area contributed by atoms with Crippen LogP contribution < -0.4 is 5.73 Å². The zero-order chi connectivity index (χ0) is 16.3. The molecule has 0 aromatic rings. The molecule has 0 amide bonds. The van der Waals surface area contributed by atoms with E-state index in [2.05, 4.69) is 6.92 Å². The molecule has 0 aliphatic carbocycles. The maximum Gasteiger partial charge on any atom is 0.320 e. The normalized spacial score (nSPS) is 15.2. The van der Waals surface area contributed by atoms with Crippen molar-refractivity contribution < 1.29 is 28.2 Å². The third kappa shape index (κ3) is 10.4. The molecule has 0 spiro atoms. The number of carboxylic acids is 1. The highest BCUT2D eigenvalue weighted by molar-refractivity contribution is 7.79. The third-order valence-corrected chi connectivity index (χ3v) is 3.79. The Bertz CT molecular complexity index is 350. The maximum atomic E-state index is 11.5. The van der Waals surface area contributed by atoms with Crippen LogP contribution in [0.3, 0.4) is 0 Å². The lowest BCUT2D eigenvalue weighted by Crippen LogP contribution is -2.31. The lowest BCUT2D eigenvalue weighted by atomic mass is 10.1. The van der Waals surface area contributed by atoms with Crippen LogP contribution in [0.1, 0.15) is 58.3 Å². The standard InChI is InChI=1S/C13H25NO6S/c1-2-3-4-5-6-7-12(21(18)19)20-11(15)9-8-10(14)13(16)17/h10,12H,2-9,14H2,1H3,(H,16,17)(H,18,19)/t10-,12?/m0/s1. The van der Waals surface area contributed by atoms with Crippen molar-refractivity contribution in [3.63, 3.8) is 0 Å². The smallest absolute Gasteiger partial charge is 0.320 e. The molecule has 0 aliphatic heterocycles. The van der Waals surface area contributed by atoms with Crippen molar-refractivity contribution in [3.8, 4) is 0 Å². The van der Waals surface area contributed by atoms with Gasteiger partial charge in [0.15, 0.2) is 11.1 Å². The number of nitrogens with two attached hydrogens (primary N) is 1. The zero-order valence-corrected chi connectivity index (χ0v) is 13.1. The fraction of sp³-hybridized carbons (Fsp3) is 0.846. The van der Waals surface area contributed by atoms with Crippen molar-refractivity contribution in [1.82, 2.24) is 0 Å². The predicted octanol–water partition coefficient (Wildman–Crippen LogP) is 1.63. The second-order valence-corrected chi connectivity index (χ2v) is 5.96. The lowest BCUT2D eigenvalue weighted by molar-refractivity contribution is -0.146. The fourth-order valence-electron chi connectivity index (χ4n) is 1.72. The van der Waals surface area contributed by atoms with Crippen molar-refractivity contribution in [2.45, 2.75) is 69.8 Å². The Morgan fingerprint density at radius 3 is 2.33 bits per heavy atom. The van der Waals surface area contributed by atoms with Crippen molar-refractivity contribution in [3.05, 3.63) is 0 Å². The Kier molecular flexibility index (Phi) is 11.1. The summed E-state index contributed by atoms with van der Waals surface area (Å²) in [4.78, 5) is 22.0. The summed E-state index contributed by atoms with van der Waals surface area (Å²) in [6.45, 7) is 2.09. The van der Waals surface area contributed by atoms with Crippen molar-refractivity contribution >= 4 is 23.0 Å². The molecule has 0 aliphatic rings. The van der Waals surface area contributed by atoms with E-state index >= 15 is 0 Å². The summed E-state index contributed by atoms with van der Waals surface area (Å²) in [5.41, 5.74) is 4.21. The van der Waals surface area contributed by atoms with Crippen molar-refractivity contribution in [1.29, 1.82) is 0 Å². The van der Waals surface area contributed by atoms with Gasteiger partial charge in [-0.1, -0.05) is 32.6 Å². The van der Waals surface area contributed by atoms with Gasteiger partial charge >= 0.3 is 11.9 Å². The average Bonchev–Trinajstić information content (AvgIpc) is 2.42. The number of carboxylic acid groups (broad SMARTS) is 1. The first-order chi connectivity index (χ1) is 9.88. The minimum Gasteiger partial charge on any atom is -0.480 e. The topological polar surface area (TPSA) is 127 Å². The minimum atomic E-state index is -2.24. The number of carbonyl (C=O) groups excluding carboxylic acids is 1. The minimum absolute atomic E-state index is 0.0601. The van der Waals surface area contributed by atoms with Crippen LogP contribution in [0.15, 0.2) is 0 Å². The van der Waals surface area contributed by atoms with Gasteiger partial charge in [-0.25, -0.2) is 4.21 Å². The molecule has 0 aromatic heterocycles. The van der Waals surface area contributed by atoms with E-state index in [4.69, 9.17) is 20.1 Å². The Morgan fingerprint density at radius 2 is 1.81 bits per heavy atom. The number of esters is 1. The second-order valence-electron chi connectivity index (χ2n) is 4.88. The SMILES string of the molecule is CCCCCCCC(OC(=O)CC[C@H](N)C(=O)O)S(=O)O. The summed E-state index contributed by atoms with van der Waals surface area (Å²) in [5.74, 6) is -1.89. The average molecular weight is 323 g/mol. The number of carbonyl (C=O) groups is 2. The first kappa shape index (κ1) is 20.0. The highest BCUT2D eigenvalue weighted by Crippen LogP contribution is 2.13. The van der Waals surface area contributed by atoms with Gasteiger partial charge in [-0.2, -0.15) is 0 Å². The van der Waals surface area contributed by atoms with Gasteiger partial charge in [0.2, 0.25) is 5.44 Å². The molecule has 0 aromatic carbocycles. The molecular formula is C13H25NO6S. The maximum absolute atomic E-state index is 11.5. The summed E-state index contributed by atoms with van der Waals surface area (Å²) in [7, 11) is 0. The monoisotopic (exact) mass is 323 g/mol. The molecule has 8 heteroatoms. The first-order valence-corrected chi connectivity index (χ1v) is 8.33. The van der Waals surface area contributed by atoms with E-state index in [9.17, 15) is 13.8 Å². The number of hydrogen-bond acceptors (Lipinski definition) is 5. The summed E-state index contributed by atoms with van der Waals surface area (Å²) in [6.07, 6.45) is 4.97. The van der Waals surface area contributed by atoms with Crippen LogP contribution in [0, 0.1) is 0 Å². The zero-order valence-electron chi connectivity index (χ0n) is 12.3. The van der Waals surface area contributed by atoms with Crippen molar-refractivity contribution in [2.24, 2.45) is 5.73 Å². The van der Waals surface area contributed by atoms with Crippen LogP contribution in [0.2, 0.25) is 0 Å². The number of unbranched alkanes of at least 4 members (excludes halogenated alkanes) is 4. The molecule has 0 rings (SSSR count). The summed E-state index contributed by atoms with van der Waals surface area (Å²) >= 11 is -2.24. The quantitative estimate of drug-likeness (QED) is 0.283. The molecule has 0 bridgehead atoms. The summed E-state index contributed by atoms with van der Waals surface area (Å²) in [5, 5.41) is 8.59. The van der Waals surface area contributed by atoms with Gasteiger partial charge < -0.3 is 20.1 Å². The van der Waals surface area contributed by atoms with Crippen LogP contribution in [0.5, 0.6) is 0 Å². The molecule has 124 valence electrons. The van der Waals surface area contributed by atoms with E-state index < -0.39 is 34.5 Å². The summed E-state index contributed by atoms with van der Waals surface area (Å²) < 4.78 is 25.1. The molecule has 0 saturated carbocycles. The molecule has 0 heterocycles. The van der Waals surface area contributed by atoms with E-state index in [1.165, 1.54) is 0 Å². The number of aliphatic carboxylic acids is 1. The highest BCUT2D eigenvalue weighted by atomic mass is 32.2. The van der Waals surface area contributed by atoms with Gasteiger partial charge in [0.1, 0.15) is 6.04 Å². The Balaban J connectivity index is 4.04. The lowest BCUT2D eigenvalue weighted by Gasteiger charge is -2.14. The van der Waals surface area contributed by atoms with Crippen molar-refractivity contribution in [2.75, 3.05) is 0 Å². The van der Waals surface area contributed by atoms with Gasteiger partial charge in [0.25, 0.3) is 0 Å². The number of hydrogen-bond donors (Lipinski definition) is 3. The molecule has 0 fully saturated rings. The van der Waals surface area contributed by atoms with Gasteiger partial charge in [0.05, 0.1) is 0 Å². The van der Waals surface area contributed by atoms with Gasteiger partial charge in [0, 0.05) is 6.42 Å². The molecule has 3 atom stereocenters. The first-order valence-electron chi connectivity index (χ1n) is 7.16. The molecule has 4 N–H and O–H groups in total. The van der Waals surface area contributed by atoms with Gasteiger partial charge in [-0.3, -0.25) is 9.59 Å². The Hall–Kier alpha value is -0.990. The third-order valence-electron chi connectivity index (χ3n) is 3.01. The van der Waals surface area contributed by atoms with Crippen LogP contribution in [0.25, 0.3) is 0 Å². The molecular weight excluding hydrogens is 298 g/mol. The highest BCUT2D eigenvalue weighted by Gasteiger charge is 2.21. The fourth-order valence-corrected chi connectivity index (χ4v) is 2.28. The van der Waals surface area contributed by atoms with Crippen LogP contribution >= 0.6 is 0 Å². The molecule has 2 unspecified atom stereocenters. The Labute approximate surface area is 127 Å². The van der Waals surface area contributed by atoms with Gasteiger partial charge in [-0.05, 0) is 19.3 Å². The largest absolute Gasteiger partial charge is 0.480 e. The molecule has 7 nitrogen and oxygen atoms in total. The van der Waals surface area contributed by atoms with E-state index in [-0.39, 0.29) is 12.8 Å². The Morgan fingerprint density at radius 1 is 1.19 bits per heavy atom. The predicted molar refractivity (Wildman–Crippen MR) is 78.9 cm³/mol. The van der Waals surface area contributed by atoms with E-state index in [1.807, 2.05) is 0 Å². The molecule has 21 heavy (non-hydrogen) atoms. The number of ether oxygens (including phenoxy) is 1. The van der Waals surface area contributed by atoms with E-state index in [0.717, 1.165) is 25.7 Å². The van der Waals surface area contributed by atoms with Crippen LogP contribution in [-0.2, 0) is 25.4 Å².